The number of carbonyl (C=O) groups is 2. The van der Waals surface area contributed by atoms with E-state index in [4.69, 9.17) is 0 Å². The summed E-state index contributed by atoms with van der Waals surface area (Å²) in [6.45, 7) is -0.00899. The van der Waals surface area contributed by atoms with Gasteiger partial charge in [0.25, 0.3) is 5.91 Å². The van der Waals surface area contributed by atoms with Crippen molar-refractivity contribution in [1.29, 1.82) is 0 Å². The molecule has 7 nitrogen and oxygen atoms in total. The van der Waals surface area contributed by atoms with Crippen LogP contribution in [0.3, 0.4) is 0 Å². The highest BCUT2D eigenvalue weighted by atomic mass is 32.2. The Kier molecular flexibility index (Phi) is 5.88. The van der Waals surface area contributed by atoms with Gasteiger partial charge in [-0.05, 0) is 49.2 Å². The van der Waals surface area contributed by atoms with E-state index in [0.717, 1.165) is 12.8 Å². The number of anilines is 1. The zero-order valence-corrected chi connectivity index (χ0v) is 15.5. The van der Waals surface area contributed by atoms with Crippen molar-refractivity contribution in [2.24, 2.45) is 0 Å². The molecule has 3 rings (SSSR count). The van der Waals surface area contributed by atoms with Gasteiger partial charge in [0.1, 0.15) is 0 Å². The number of nitrogens with one attached hydrogen (secondary N) is 3. The molecule has 0 radical (unpaired) electrons. The molecule has 0 aliphatic heterocycles. The van der Waals surface area contributed by atoms with Crippen LogP contribution >= 0.6 is 0 Å². The van der Waals surface area contributed by atoms with E-state index in [1.54, 1.807) is 42.5 Å². The van der Waals surface area contributed by atoms with Gasteiger partial charge in [-0.2, -0.15) is 0 Å². The van der Waals surface area contributed by atoms with Crippen molar-refractivity contribution in [2.75, 3.05) is 11.9 Å². The van der Waals surface area contributed by atoms with Gasteiger partial charge in [-0.25, -0.2) is 13.1 Å². The van der Waals surface area contributed by atoms with Crippen LogP contribution in [0, 0.1) is 0 Å². The Hall–Kier alpha value is -2.71. The maximum Gasteiger partial charge on any atom is 0.251 e. The summed E-state index contributed by atoms with van der Waals surface area (Å²) in [6.07, 6.45) is 2.04. The van der Waals surface area contributed by atoms with Gasteiger partial charge in [0.05, 0.1) is 4.90 Å². The maximum absolute atomic E-state index is 12.1. The summed E-state index contributed by atoms with van der Waals surface area (Å²) >= 11 is 0. The van der Waals surface area contributed by atoms with Crippen LogP contribution in [0.1, 0.15) is 29.6 Å². The van der Waals surface area contributed by atoms with Crippen LogP contribution in [0.15, 0.2) is 59.5 Å². The van der Waals surface area contributed by atoms with E-state index in [9.17, 15) is 18.0 Å². The van der Waals surface area contributed by atoms with Crippen LogP contribution in [0.2, 0.25) is 0 Å². The maximum atomic E-state index is 12.1. The number of amides is 2. The Morgan fingerprint density at radius 2 is 1.63 bits per heavy atom. The van der Waals surface area contributed by atoms with Gasteiger partial charge in [-0.15, -0.1) is 0 Å². The molecular weight excluding hydrogens is 366 g/mol. The van der Waals surface area contributed by atoms with Gasteiger partial charge >= 0.3 is 0 Å². The first kappa shape index (κ1) is 19.1. The molecule has 3 N–H and O–H groups in total. The molecule has 27 heavy (non-hydrogen) atoms. The first-order chi connectivity index (χ1) is 12.9. The average Bonchev–Trinajstić information content (AvgIpc) is 3.47. The Morgan fingerprint density at radius 1 is 0.963 bits per heavy atom. The van der Waals surface area contributed by atoms with E-state index in [1.807, 2.05) is 0 Å². The number of sulfonamides is 1. The van der Waals surface area contributed by atoms with Crippen molar-refractivity contribution in [3.63, 3.8) is 0 Å². The number of carbonyl (C=O) groups excluding carboxylic acids is 2. The summed E-state index contributed by atoms with van der Waals surface area (Å²) in [5, 5.41) is 5.58. The Labute approximate surface area is 158 Å². The van der Waals surface area contributed by atoms with Crippen molar-refractivity contribution in [3.05, 3.63) is 60.2 Å². The molecule has 0 saturated heterocycles. The van der Waals surface area contributed by atoms with E-state index in [-0.39, 0.29) is 35.7 Å². The zero-order chi connectivity index (χ0) is 19.3. The molecule has 0 spiro atoms. The van der Waals surface area contributed by atoms with Crippen LogP contribution in [0.5, 0.6) is 0 Å². The molecule has 0 bridgehead atoms. The molecule has 0 atom stereocenters. The normalized spacial score (nSPS) is 13.8. The zero-order valence-electron chi connectivity index (χ0n) is 14.6. The lowest BCUT2D eigenvalue weighted by molar-refractivity contribution is -0.116. The third-order valence-corrected chi connectivity index (χ3v) is 5.52. The molecular formula is C19H21N3O4S. The molecule has 0 aromatic heterocycles. The average molecular weight is 387 g/mol. The highest BCUT2D eigenvalue weighted by Gasteiger charge is 2.23. The lowest BCUT2D eigenvalue weighted by atomic mass is 10.2. The van der Waals surface area contributed by atoms with Gasteiger partial charge in [0.15, 0.2) is 0 Å². The third kappa shape index (κ3) is 5.63. The van der Waals surface area contributed by atoms with Gasteiger partial charge in [-0.1, -0.05) is 18.2 Å². The van der Waals surface area contributed by atoms with E-state index >= 15 is 0 Å². The van der Waals surface area contributed by atoms with E-state index in [0.29, 0.717) is 11.3 Å². The van der Waals surface area contributed by atoms with Crippen LogP contribution < -0.4 is 15.4 Å². The van der Waals surface area contributed by atoms with Crippen molar-refractivity contribution < 1.29 is 18.0 Å². The second kappa shape index (κ2) is 8.32. The predicted molar refractivity (Wildman–Crippen MR) is 102 cm³/mol. The van der Waals surface area contributed by atoms with Gasteiger partial charge < -0.3 is 10.6 Å². The summed E-state index contributed by atoms with van der Waals surface area (Å²) in [5.41, 5.74) is 1.09. The highest BCUT2D eigenvalue weighted by molar-refractivity contribution is 7.89. The summed E-state index contributed by atoms with van der Waals surface area (Å²) < 4.78 is 26.5. The lowest BCUT2D eigenvalue weighted by Gasteiger charge is -2.08. The predicted octanol–water partition coefficient (Wildman–Crippen LogP) is 1.89. The van der Waals surface area contributed by atoms with Crippen molar-refractivity contribution >= 4 is 27.5 Å². The van der Waals surface area contributed by atoms with Crippen molar-refractivity contribution in [1.82, 2.24) is 10.0 Å². The third-order valence-electron chi connectivity index (χ3n) is 4.04. The largest absolute Gasteiger partial charge is 0.349 e. The number of benzene rings is 2. The monoisotopic (exact) mass is 387 g/mol. The topological polar surface area (TPSA) is 104 Å². The van der Waals surface area contributed by atoms with E-state index in [1.165, 1.54) is 12.1 Å². The fourth-order valence-corrected chi connectivity index (χ4v) is 3.46. The summed E-state index contributed by atoms with van der Waals surface area (Å²) in [5.74, 6) is -0.438. The Bertz CT molecular complexity index is 908. The molecule has 0 heterocycles. The van der Waals surface area contributed by atoms with Crippen molar-refractivity contribution in [3.8, 4) is 0 Å². The van der Waals surface area contributed by atoms with Crippen LogP contribution in [-0.4, -0.2) is 32.8 Å². The smallest absolute Gasteiger partial charge is 0.251 e. The molecule has 2 amide bonds. The molecule has 1 aliphatic rings. The molecule has 142 valence electrons. The SMILES string of the molecule is O=C(CCNS(=O)(=O)c1ccccc1)Nc1ccc(C(=O)NC2CC2)cc1. The molecule has 8 heteroatoms. The molecule has 0 unspecified atom stereocenters. The van der Waals surface area contributed by atoms with Gasteiger partial charge in [0.2, 0.25) is 15.9 Å². The molecule has 1 fully saturated rings. The minimum Gasteiger partial charge on any atom is -0.349 e. The summed E-state index contributed by atoms with van der Waals surface area (Å²) in [6, 6.07) is 14.8. The fraction of sp³-hybridized carbons (Fsp3) is 0.263. The van der Waals surface area contributed by atoms with Crippen LogP contribution in [0.4, 0.5) is 5.69 Å². The number of hydrogen-bond donors (Lipinski definition) is 3. The molecule has 2 aromatic carbocycles. The second-order valence-corrected chi connectivity index (χ2v) is 8.10. The second-order valence-electron chi connectivity index (χ2n) is 6.33. The molecule has 2 aromatic rings. The number of hydrogen-bond acceptors (Lipinski definition) is 4. The fourth-order valence-electron chi connectivity index (χ4n) is 2.41. The van der Waals surface area contributed by atoms with Crippen LogP contribution in [0.25, 0.3) is 0 Å². The minimum atomic E-state index is -3.62. The van der Waals surface area contributed by atoms with E-state index < -0.39 is 10.0 Å². The first-order valence-electron chi connectivity index (χ1n) is 8.69. The Morgan fingerprint density at radius 3 is 2.26 bits per heavy atom. The highest BCUT2D eigenvalue weighted by Crippen LogP contribution is 2.19. The summed E-state index contributed by atoms with van der Waals surface area (Å²) in [4.78, 5) is 24.1. The minimum absolute atomic E-state index is 0.00399. The van der Waals surface area contributed by atoms with Gasteiger partial charge in [0, 0.05) is 30.3 Å². The number of rotatable bonds is 8. The molecule has 1 aliphatic carbocycles. The summed E-state index contributed by atoms with van der Waals surface area (Å²) in [7, 11) is -3.62. The first-order valence-corrected chi connectivity index (χ1v) is 10.2. The lowest BCUT2D eigenvalue weighted by Crippen LogP contribution is -2.27. The van der Waals surface area contributed by atoms with Gasteiger partial charge in [-0.3, -0.25) is 9.59 Å². The quantitative estimate of drug-likeness (QED) is 0.643. The van der Waals surface area contributed by atoms with E-state index in [2.05, 4.69) is 15.4 Å². The standard InChI is InChI=1S/C19H21N3O4S/c23-18(12-13-20-27(25,26)17-4-2-1-3-5-17)21-15-8-6-14(7-9-15)19(24)22-16-10-11-16/h1-9,16,20H,10-13H2,(H,21,23)(H,22,24). The molecule has 1 saturated carbocycles. The van der Waals surface area contributed by atoms with Crippen LogP contribution in [-0.2, 0) is 14.8 Å². The van der Waals surface area contributed by atoms with Crippen molar-refractivity contribution in [2.45, 2.75) is 30.2 Å². The Balaban J connectivity index is 1.45.